The van der Waals surface area contributed by atoms with Crippen molar-refractivity contribution < 1.29 is 19.1 Å². The van der Waals surface area contributed by atoms with Crippen LogP contribution in [-0.4, -0.2) is 24.2 Å². The molecular formula is C16H12N2O4S. The number of nitrogens with one attached hydrogen (secondary N) is 1. The predicted molar refractivity (Wildman–Crippen MR) is 87.0 cm³/mol. The smallest absolute Gasteiger partial charge is 0.411 e. The molecule has 0 saturated carbocycles. The first-order chi connectivity index (χ1) is 11.2. The Morgan fingerprint density at radius 3 is 2.65 bits per heavy atom. The number of carbonyl (C=O) groups excluding carboxylic acids is 2. The van der Waals surface area contributed by atoms with Crippen molar-refractivity contribution in [1.29, 1.82) is 0 Å². The number of anilines is 1. The molecule has 0 radical (unpaired) electrons. The largest absolute Gasteiger partial charge is 0.453 e. The minimum Gasteiger partial charge on any atom is -0.453 e. The third kappa shape index (κ3) is 3.14. The number of hydrogen-bond donors (Lipinski definition) is 1. The maximum absolute atomic E-state index is 12.4. The van der Waals surface area contributed by atoms with Gasteiger partial charge in [0.15, 0.2) is 0 Å². The van der Waals surface area contributed by atoms with Gasteiger partial charge in [-0.25, -0.2) is 14.6 Å². The minimum atomic E-state index is -0.665. The second-order valence-corrected chi connectivity index (χ2v) is 5.48. The van der Waals surface area contributed by atoms with Crippen molar-refractivity contribution >= 4 is 39.3 Å². The number of thiophene rings is 1. The van der Waals surface area contributed by atoms with Crippen molar-refractivity contribution in [1.82, 2.24) is 4.98 Å². The zero-order valence-electron chi connectivity index (χ0n) is 12.1. The zero-order valence-corrected chi connectivity index (χ0v) is 12.9. The van der Waals surface area contributed by atoms with Crippen LogP contribution in [0.1, 0.15) is 9.67 Å². The summed E-state index contributed by atoms with van der Waals surface area (Å²) in [5.74, 6) is -0.141. The number of ether oxygens (including phenoxy) is 2. The SMILES string of the molecule is COC(=O)Nc1c(C(=O)Oc2ccccc2)sc2ncccc12. The van der Waals surface area contributed by atoms with Crippen molar-refractivity contribution in [2.45, 2.75) is 0 Å². The minimum absolute atomic E-state index is 0.257. The fraction of sp³-hybridized carbons (Fsp3) is 0.0625. The van der Waals surface area contributed by atoms with E-state index in [4.69, 9.17) is 4.74 Å². The molecule has 2 heterocycles. The number of nitrogens with zero attached hydrogens (tertiary/aromatic N) is 1. The Kier molecular flexibility index (Phi) is 4.20. The number of hydrogen-bond acceptors (Lipinski definition) is 6. The Labute approximate surface area is 135 Å². The van der Waals surface area contributed by atoms with Crippen LogP contribution in [-0.2, 0) is 4.74 Å². The summed E-state index contributed by atoms with van der Waals surface area (Å²) in [6.45, 7) is 0. The summed E-state index contributed by atoms with van der Waals surface area (Å²) < 4.78 is 9.94. The highest BCUT2D eigenvalue weighted by atomic mass is 32.1. The summed E-state index contributed by atoms with van der Waals surface area (Å²) in [4.78, 5) is 29.1. The monoisotopic (exact) mass is 328 g/mol. The first kappa shape index (κ1) is 15.0. The fourth-order valence-electron chi connectivity index (χ4n) is 2.00. The van der Waals surface area contributed by atoms with Crippen molar-refractivity contribution in [3.05, 3.63) is 53.5 Å². The second kappa shape index (κ2) is 6.45. The highest BCUT2D eigenvalue weighted by Crippen LogP contribution is 2.35. The Bertz CT molecular complexity index is 861. The molecule has 0 unspecified atom stereocenters. The Hall–Kier alpha value is -2.93. The molecule has 0 bridgehead atoms. The molecule has 1 amide bonds. The lowest BCUT2D eigenvalue weighted by Crippen LogP contribution is -2.15. The van der Waals surface area contributed by atoms with Crippen LogP contribution >= 0.6 is 11.3 Å². The summed E-state index contributed by atoms with van der Waals surface area (Å²) in [5.41, 5.74) is 0.339. The number of carbonyl (C=O) groups is 2. The molecule has 0 aliphatic rings. The van der Waals surface area contributed by atoms with Crippen molar-refractivity contribution in [2.24, 2.45) is 0 Å². The number of pyridine rings is 1. The average molecular weight is 328 g/mol. The van der Waals surface area contributed by atoms with Crippen LogP contribution in [0, 0.1) is 0 Å². The fourth-order valence-corrected chi connectivity index (χ4v) is 2.97. The summed E-state index contributed by atoms with van der Waals surface area (Å²) in [5, 5.41) is 3.21. The molecule has 23 heavy (non-hydrogen) atoms. The van der Waals surface area contributed by atoms with Crippen LogP contribution in [0.3, 0.4) is 0 Å². The van der Waals surface area contributed by atoms with Gasteiger partial charge in [-0.3, -0.25) is 5.32 Å². The highest BCUT2D eigenvalue weighted by molar-refractivity contribution is 7.21. The first-order valence-electron chi connectivity index (χ1n) is 6.68. The lowest BCUT2D eigenvalue weighted by Gasteiger charge is -2.06. The van der Waals surface area contributed by atoms with Crippen LogP contribution in [0.25, 0.3) is 10.2 Å². The molecule has 2 aromatic heterocycles. The normalized spacial score (nSPS) is 10.3. The molecule has 3 rings (SSSR count). The number of rotatable bonds is 3. The van der Waals surface area contributed by atoms with Gasteiger partial charge in [0.05, 0.1) is 12.8 Å². The molecule has 0 spiro atoms. The van der Waals surface area contributed by atoms with Crippen LogP contribution in [0.5, 0.6) is 5.75 Å². The molecule has 6 nitrogen and oxygen atoms in total. The molecule has 0 atom stereocenters. The van der Waals surface area contributed by atoms with E-state index in [9.17, 15) is 9.59 Å². The third-order valence-corrected chi connectivity index (χ3v) is 4.11. The topological polar surface area (TPSA) is 77.5 Å². The van der Waals surface area contributed by atoms with Crippen molar-refractivity contribution in [3.8, 4) is 5.75 Å². The van der Waals surface area contributed by atoms with E-state index in [0.717, 1.165) is 11.3 Å². The molecule has 3 aromatic rings. The van der Waals surface area contributed by atoms with E-state index >= 15 is 0 Å². The standard InChI is InChI=1S/C16H12N2O4S/c1-21-16(20)18-12-11-8-5-9-17-14(11)23-13(12)15(19)22-10-6-3-2-4-7-10/h2-9H,1H3,(H,18,20). The molecule has 0 fully saturated rings. The number of para-hydroxylation sites is 1. The Morgan fingerprint density at radius 2 is 1.91 bits per heavy atom. The Morgan fingerprint density at radius 1 is 1.13 bits per heavy atom. The van der Waals surface area contributed by atoms with Gasteiger partial charge in [-0.2, -0.15) is 0 Å². The molecule has 1 N–H and O–H groups in total. The van der Waals surface area contributed by atoms with Gasteiger partial charge in [0, 0.05) is 11.6 Å². The summed E-state index contributed by atoms with van der Waals surface area (Å²) in [7, 11) is 1.25. The van der Waals surface area contributed by atoms with Gasteiger partial charge in [0.1, 0.15) is 15.5 Å². The number of amides is 1. The summed E-state index contributed by atoms with van der Waals surface area (Å²) >= 11 is 1.15. The maximum Gasteiger partial charge on any atom is 0.411 e. The van der Waals surface area contributed by atoms with Crippen molar-refractivity contribution in [2.75, 3.05) is 12.4 Å². The second-order valence-electron chi connectivity index (χ2n) is 4.48. The van der Waals surface area contributed by atoms with Gasteiger partial charge >= 0.3 is 12.1 Å². The Balaban J connectivity index is 2.00. The summed E-state index contributed by atoms with van der Waals surface area (Å²) in [6.07, 6.45) is 0.954. The van der Waals surface area contributed by atoms with E-state index in [2.05, 4.69) is 15.0 Å². The van der Waals surface area contributed by atoms with Gasteiger partial charge in [0.2, 0.25) is 0 Å². The number of methoxy groups -OCH3 is 1. The van der Waals surface area contributed by atoms with Gasteiger partial charge in [0.25, 0.3) is 0 Å². The average Bonchev–Trinajstić information content (AvgIpc) is 2.94. The maximum atomic E-state index is 12.4. The van der Waals surface area contributed by atoms with Gasteiger partial charge in [-0.15, -0.1) is 11.3 Å². The van der Waals surface area contributed by atoms with E-state index in [1.807, 2.05) is 6.07 Å². The molecule has 1 aromatic carbocycles. The lowest BCUT2D eigenvalue weighted by molar-refractivity contribution is 0.0741. The summed E-state index contributed by atoms with van der Waals surface area (Å²) in [6, 6.07) is 12.2. The zero-order chi connectivity index (χ0) is 16.2. The van der Waals surface area contributed by atoms with E-state index < -0.39 is 12.1 Å². The molecule has 0 aliphatic heterocycles. The highest BCUT2D eigenvalue weighted by Gasteiger charge is 2.22. The van der Waals surface area contributed by atoms with E-state index in [0.29, 0.717) is 21.7 Å². The predicted octanol–water partition coefficient (Wildman–Crippen LogP) is 3.69. The van der Waals surface area contributed by atoms with E-state index in [-0.39, 0.29) is 4.88 Å². The third-order valence-electron chi connectivity index (χ3n) is 3.02. The number of fused-ring (bicyclic) bond motifs is 1. The van der Waals surface area contributed by atoms with E-state index in [1.165, 1.54) is 7.11 Å². The molecule has 7 heteroatoms. The van der Waals surface area contributed by atoms with E-state index in [1.54, 1.807) is 42.6 Å². The molecule has 0 saturated heterocycles. The van der Waals surface area contributed by atoms with Crippen LogP contribution in [0.15, 0.2) is 48.7 Å². The van der Waals surface area contributed by atoms with Crippen LogP contribution in [0.2, 0.25) is 0 Å². The quantitative estimate of drug-likeness (QED) is 0.586. The number of aromatic nitrogens is 1. The van der Waals surface area contributed by atoms with Gasteiger partial charge in [-0.1, -0.05) is 18.2 Å². The number of benzene rings is 1. The van der Waals surface area contributed by atoms with Crippen LogP contribution < -0.4 is 10.1 Å². The van der Waals surface area contributed by atoms with Gasteiger partial charge < -0.3 is 9.47 Å². The van der Waals surface area contributed by atoms with Gasteiger partial charge in [-0.05, 0) is 24.3 Å². The van der Waals surface area contributed by atoms with Crippen LogP contribution in [0.4, 0.5) is 10.5 Å². The lowest BCUT2D eigenvalue weighted by atomic mass is 10.2. The first-order valence-corrected chi connectivity index (χ1v) is 7.50. The van der Waals surface area contributed by atoms with Crippen molar-refractivity contribution in [3.63, 3.8) is 0 Å². The molecule has 116 valence electrons. The number of esters is 1. The molecular weight excluding hydrogens is 316 g/mol. The molecule has 0 aliphatic carbocycles.